The van der Waals surface area contributed by atoms with Crippen molar-refractivity contribution in [3.05, 3.63) is 70.3 Å². The standard InChI is InChI=1S/C21H18ClNO5/c1-23-10-15-13-8-11(22)6-7-17(13)28-16-5-3-2-4-12(16)19(15)20(23)14(21(26)27)9-18(24)25/h2-9,15,19-20H,10H2,1H3,(H,24,25)(H,26,27)/b14-9+/t15-,19-,20?/m1/s1. The lowest BCUT2D eigenvalue weighted by Crippen LogP contribution is -2.34. The van der Waals surface area contributed by atoms with Gasteiger partial charge in [0.1, 0.15) is 11.5 Å². The van der Waals surface area contributed by atoms with Gasteiger partial charge in [-0.1, -0.05) is 29.8 Å². The van der Waals surface area contributed by atoms with Gasteiger partial charge in [0.15, 0.2) is 0 Å². The third kappa shape index (κ3) is 3.04. The van der Waals surface area contributed by atoms with E-state index >= 15 is 0 Å². The van der Waals surface area contributed by atoms with Gasteiger partial charge in [0, 0.05) is 46.6 Å². The summed E-state index contributed by atoms with van der Waals surface area (Å²) in [5, 5.41) is 19.5. The number of aliphatic carboxylic acids is 2. The minimum absolute atomic E-state index is 0.0936. The van der Waals surface area contributed by atoms with Crippen LogP contribution in [0, 0.1) is 0 Å². The van der Waals surface area contributed by atoms with E-state index < -0.39 is 18.0 Å². The predicted octanol–water partition coefficient (Wildman–Crippen LogP) is 3.72. The molecule has 0 bridgehead atoms. The number of fused-ring (bicyclic) bond motifs is 5. The number of carboxylic acid groups (broad SMARTS) is 2. The highest BCUT2D eigenvalue weighted by atomic mass is 35.5. The van der Waals surface area contributed by atoms with E-state index in [2.05, 4.69) is 0 Å². The largest absolute Gasteiger partial charge is 0.478 e. The van der Waals surface area contributed by atoms with Gasteiger partial charge in [0.05, 0.1) is 5.57 Å². The molecule has 1 fully saturated rings. The van der Waals surface area contributed by atoms with Crippen LogP contribution in [0.3, 0.4) is 0 Å². The second-order valence-electron chi connectivity index (χ2n) is 7.08. The Labute approximate surface area is 166 Å². The summed E-state index contributed by atoms with van der Waals surface area (Å²) in [4.78, 5) is 25.1. The maximum absolute atomic E-state index is 11.9. The first-order valence-electron chi connectivity index (χ1n) is 8.81. The molecule has 2 heterocycles. The molecule has 0 aliphatic carbocycles. The summed E-state index contributed by atoms with van der Waals surface area (Å²) in [6.45, 7) is 0.546. The zero-order valence-corrected chi connectivity index (χ0v) is 15.8. The fourth-order valence-electron chi connectivity index (χ4n) is 4.42. The Hall–Kier alpha value is -2.83. The van der Waals surface area contributed by atoms with Crippen molar-refractivity contribution < 1.29 is 24.5 Å². The van der Waals surface area contributed by atoms with Crippen LogP contribution < -0.4 is 4.74 Å². The molecule has 0 amide bonds. The van der Waals surface area contributed by atoms with Crippen molar-refractivity contribution >= 4 is 23.5 Å². The van der Waals surface area contributed by atoms with Crippen molar-refractivity contribution in [2.75, 3.05) is 13.6 Å². The lowest BCUT2D eigenvalue weighted by molar-refractivity contribution is -0.135. The molecular weight excluding hydrogens is 382 g/mol. The second-order valence-corrected chi connectivity index (χ2v) is 7.52. The normalized spacial score (nSPS) is 23.8. The monoisotopic (exact) mass is 399 g/mol. The number of hydrogen-bond donors (Lipinski definition) is 2. The molecule has 28 heavy (non-hydrogen) atoms. The lowest BCUT2D eigenvalue weighted by Gasteiger charge is -2.27. The quantitative estimate of drug-likeness (QED) is 0.765. The van der Waals surface area contributed by atoms with Gasteiger partial charge < -0.3 is 14.9 Å². The highest BCUT2D eigenvalue weighted by molar-refractivity contribution is 6.30. The van der Waals surface area contributed by atoms with Gasteiger partial charge >= 0.3 is 11.9 Å². The van der Waals surface area contributed by atoms with Crippen LogP contribution in [0.1, 0.15) is 23.0 Å². The van der Waals surface area contributed by atoms with Gasteiger partial charge in [-0.2, -0.15) is 0 Å². The third-order valence-corrected chi connectivity index (χ3v) is 5.68. The molecule has 0 radical (unpaired) electrons. The van der Waals surface area contributed by atoms with Gasteiger partial charge in [-0.05, 0) is 31.3 Å². The summed E-state index contributed by atoms with van der Waals surface area (Å²) in [5.74, 6) is -1.59. The molecule has 1 saturated heterocycles. The molecule has 7 heteroatoms. The minimum Gasteiger partial charge on any atom is -0.478 e. The van der Waals surface area contributed by atoms with Crippen molar-refractivity contribution in [2.45, 2.75) is 17.9 Å². The zero-order valence-electron chi connectivity index (χ0n) is 15.0. The number of hydrogen-bond acceptors (Lipinski definition) is 4. The summed E-state index contributed by atoms with van der Waals surface area (Å²) in [6.07, 6.45) is 0.791. The van der Waals surface area contributed by atoms with Gasteiger partial charge in [-0.25, -0.2) is 9.59 Å². The third-order valence-electron chi connectivity index (χ3n) is 5.45. The first-order chi connectivity index (χ1) is 13.4. The Morgan fingerprint density at radius 2 is 1.86 bits per heavy atom. The van der Waals surface area contributed by atoms with Crippen LogP contribution in [0.5, 0.6) is 11.5 Å². The maximum Gasteiger partial charge on any atom is 0.333 e. The molecule has 2 N–H and O–H groups in total. The van der Waals surface area contributed by atoms with Crippen LogP contribution in [0.2, 0.25) is 5.02 Å². The van der Waals surface area contributed by atoms with Crippen molar-refractivity contribution in [3.8, 4) is 11.5 Å². The van der Waals surface area contributed by atoms with Gasteiger partial charge in [0.2, 0.25) is 0 Å². The van der Waals surface area contributed by atoms with Crippen molar-refractivity contribution in [1.29, 1.82) is 0 Å². The number of nitrogens with zero attached hydrogens (tertiary/aromatic N) is 1. The number of carboxylic acids is 2. The summed E-state index contributed by atoms with van der Waals surface area (Å²) in [5.41, 5.74) is 1.60. The average Bonchev–Trinajstić information content (AvgIpc) is 2.91. The summed E-state index contributed by atoms with van der Waals surface area (Å²) in [7, 11) is 1.81. The lowest BCUT2D eigenvalue weighted by atomic mass is 9.78. The van der Waals surface area contributed by atoms with Crippen molar-refractivity contribution in [3.63, 3.8) is 0 Å². The number of para-hydroxylation sites is 1. The maximum atomic E-state index is 11.9. The molecule has 6 nitrogen and oxygen atoms in total. The van der Waals surface area contributed by atoms with Crippen LogP contribution in [-0.2, 0) is 9.59 Å². The Morgan fingerprint density at radius 1 is 1.14 bits per heavy atom. The van der Waals surface area contributed by atoms with Crippen molar-refractivity contribution in [1.82, 2.24) is 4.90 Å². The SMILES string of the molecule is CN1C[C@@H]2c3cc(Cl)ccc3Oc3ccccc3[C@H]2C1/C(=C\C(=O)O)C(=O)O. The smallest absolute Gasteiger partial charge is 0.333 e. The number of ether oxygens (including phenoxy) is 1. The molecule has 0 saturated carbocycles. The van der Waals surface area contributed by atoms with Crippen LogP contribution in [-0.4, -0.2) is 46.7 Å². The molecule has 1 unspecified atom stereocenters. The van der Waals surface area contributed by atoms with E-state index in [1.54, 1.807) is 6.07 Å². The predicted molar refractivity (Wildman–Crippen MR) is 103 cm³/mol. The van der Waals surface area contributed by atoms with Crippen molar-refractivity contribution in [2.24, 2.45) is 0 Å². The minimum atomic E-state index is -1.28. The van der Waals surface area contributed by atoms with E-state index in [4.69, 9.17) is 16.3 Å². The Bertz CT molecular complexity index is 1000. The van der Waals surface area contributed by atoms with E-state index in [1.165, 1.54) is 0 Å². The summed E-state index contributed by atoms with van der Waals surface area (Å²) >= 11 is 6.23. The molecule has 2 aliphatic rings. The van der Waals surface area contributed by atoms with Crippen LogP contribution in [0.4, 0.5) is 0 Å². The molecular formula is C21H18ClNO5. The topological polar surface area (TPSA) is 87.1 Å². The Kier molecular flexibility index (Phi) is 4.61. The highest BCUT2D eigenvalue weighted by Gasteiger charge is 2.48. The van der Waals surface area contributed by atoms with Crippen LogP contribution in [0.15, 0.2) is 54.1 Å². The van der Waals surface area contributed by atoms with Gasteiger partial charge in [-0.15, -0.1) is 0 Å². The molecule has 2 aromatic carbocycles. The number of halogens is 1. The van der Waals surface area contributed by atoms with Crippen LogP contribution >= 0.6 is 11.6 Å². The molecule has 4 rings (SSSR count). The number of benzene rings is 2. The summed E-state index contributed by atoms with van der Waals surface area (Å²) < 4.78 is 6.14. The van der Waals surface area contributed by atoms with E-state index in [1.807, 2.05) is 48.3 Å². The van der Waals surface area contributed by atoms with Gasteiger partial charge in [0.25, 0.3) is 0 Å². The Morgan fingerprint density at radius 3 is 2.57 bits per heavy atom. The fourth-order valence-corrected chi connectivity index (χ4v) is 4.60. The number of likely N-dealkylation sites (tertiary alicyclic amines) is 1. The second kappa shape index (κ2) is 6.96. The first kappa shape index (κ1) is 18.5. The van der Waals surface area contributed by atoms with Crippen LogP contribution in [0.25, 0.3) is 0 Å². The first-order valence-corrected chi connectivity index (χ1v) is 9.19. The fraction of sp³-hybridized carbons (Fsp3) is 0.238. The number of likely N-dealkylation sites (N-methyl/N-ethyl adjacent to an activating group) is 1. The average molecular weight is 400 g/mol. The van der Waals surface area contributed by atoms with Gasteiger partial charge in [-0.3, -0.25) is 4.90 Å². The highest BCUT2D eigenvalue weighted by Crippen LogP contribution is 2.53. The van der Waals surface area contributed by atoms with E-state index in [9.17, 15) is 19.8 Å². The molecule has 3 atom stereocenters. The molecule has 0 spiro atoms. The number of carbonyl (C=O) groups is 2. The van der Waals surface area contributed by atoms with E-state index in [0.717, 1.165) is 17.2 Å². The van der Waals surface area contributed by atoms with E-state index in [-0.39, 0.29) is 17.4 Å². The summed E-state index contributed by atoms with van der Waals surface area (Å²) in [6, 6.07) is 12.3. The Balaban J connectivity index is 1.95. The molecule has 2 aromatic rings. The molecule has 2 aliphatic heterocycles. The zero-order chi connectivity index (χ0) is 20.0. The molecule has 0 aromatic heterocycles. The number of rotatable bonds is 3. The van der Waals surface area contributed by atoms with E-state index in [0.29, 0.717) is 23.1 Å². The molecule has 144 valence electrons.